The quantitative estimate of drug-likeness (QED) is 0.218. The van der Waals surface area contributed by atoms with Gasteiger partial charge in [-0.2, -0.15) is 26.3 Å². The van der Waals surface area contributed by atoms with Gasteiger partial charge < -0.3 is 4.90 Å². The van der Waals surface area contributed by atoms with Crippen molar-refractivity contribution in [2.45, 2.75) is 52.0 Å². The molecule has 0 aliphatic carbocycles. The minimum Gasteiger partial charge on any atom is -0.332 e. The zero-order valence-electron chi connectivity index (χ0n) is 22.5. The van der Waals surface area contributed by atoms with E-state index >= 15 is 0 Å². The molecule has 0 N–H and O–H groups in total. The summed E-state index contributed by atoms with van der Waals surface area (Å²) in [6, 6.07) is 14.1. The Morgan fingerprint density at radius 2 is 1.51 bits per heavy atom. The van der Waals surface area contributed by atoms with Crippen molar-refractivity contribution in [1.82, 2.24) is 14.5 Å². The SMILES string of the molecule is CCCN(C(=O)Cc1cc(C(F)(F)F)cc(C(F)(F)F)c1)[C@H](C)c1nc2ccccc2c(=O)n1-c1ccc(C)cc1. The number of benzene rings is 3. The van der Waals surface area contributed by atoms with Crippen molar-refractivity contribution in [2.75, 3.05) is 6.54 Å². The number of carbonyl (C=O) groups excluding carboxylic acids is 1. The lowest BCUT2D eigenvalue weighted by atomic mass is 10.0. The van der Waals surface area contributed by atoms with Gasteiger partial charge in [-0.05, 0) is 68.3 Å². The van der Waals surface area contributed by atoms with Crippen LogP contribution in [0, 0.1) is 6.92 Å². The fraction of sp³-hybridized carbons (Fsp3) is 0.300. The molecule has 11 heteroatoms. The van der Waals surface area contributed by atoms with E-state index in [2.05, 4.69) is 0 Å². The number of amides is 1. The predicted octanol–water partition coefficient (Wildman–Crippen LogP) is 7.27. The number of hydrogen-bond acceptors (Lipinski definition) is 3. The third-order valence-electron chi connectivity index (χ3n) is 6.72. The normalized spacial score (nSPS) is 12.9. The molecule has 1 amide bonds. The minimum absolute atomic E-state index is 0.0275. The maximum absolute atomic E-state index is 13.6. The van der Waals surface area contributed by atoms with Gasteiger partial charge in [-0.1, -0.05) is 36.8 Å². The van der Waals surface area contributed by atoms with E-state index in [-0.39, 0.29) is 24.0 Å². The highest BCUT2D eigenvalue weighted by atomic mass is 19.4. The summed E-state index contributed by atoms with van der Waals surface area (Å²) in [4.78, 5) is 33.2. The van der Waals surface area contributed by atoms with Gasteiger partial charge in [0.2, 0.25) is 5.91 Å². The topological polar surface area (TPSA) is 55.2 Å². The molecule has 0 fully saturated rings. The summed E-state index contributed by atoms with van der Waals surface area (Å²) in [5, 5.41) is 0.348. The average molecular weight is 576 g/mol. The molecule has 4 aromatic rings. The lowest BCUT2D eigenvalue weighted by Crippen LogP contribution is -2.38. The number of fused-ring (bicyclic) bond motifs is 1. The zero-order valence-corrected chi connectivity index (χ0v) is 22.5. The fourth-order valence-electron chi connectivity index (χ4n) is 4.69. The second kappa shape index (κ2) is 11.4. The van der Waals surface area contributed by atoms with Gasteiger partial charge in [-0.25, -0.2) is 4.98 Å². The number of para-hydroxylation sites is 1. The van der Waals surface area contributed by atoms with Crippen LogP contribution in [-0.4, -0.2) is 26.9 Å². The summed E-state index contributed by atoms with van der Waals surface area (Å²) in [5.74, 6) is -0.496. The number of aromatic nitrogens is 2. The highest BCUT2D eigenvalue weighted by Gasteiger charge is 2.37. The molecule has 0 unspecified atom stereocenters. The van der Waals surface area contributed by atoms with Crippen molar-refractivity contribution in [3.8, 4) is 5.69 Å². The Balaban J connectivity index is 1.81. The molecule has 0 spiro atoms. The molecule has 4 rings (SSSR count). The van der Waals surface area contributed by atoms with E-state index in [1.54, 1.807) is 50.2 Å². The predicted molar refractivity (Wildman–Crippen MR) is 143 cm³/mol. The molecule has 0 saturated heterocycles. The van der Waals surface area contributed by atoms with E-state index in [1.165, 1.54) is 9.47 Å². The Labute approximate surface area is 232 Å². The first-order valence-corrected chi connectivity index (χ1v) is 12.9. The van der Waals surface area contributed by atoms with Crippen molar-refractivity contribution in [2.24, 2.45) is 0 Å². The Bertz CT molecular complexity index is 1590. The third-order valence-corrected chi connectivity index (χ3v) is 6.72. The maximum Gasteiger partial charge on any atom is 0.416 e. The van der Waals surface area contributed by atoms with Gasteiger partial charge in [-0.15, -0.1) is 0 Å². The van der Waals surface area contributed by atoms with Gasteiger partial charge in [0, 0.05) is 6.54 Å². The molecular formula is C30H27F6N3O2. The monoisotopic (exact) mass is 575 g/mol. The average Bonchev–Trinajstić information content (AvgIpc) is 2.91. The summed E-state index contributed by atoms with van der Waals surface area (Å²) < 4.78 is 81.8. The number of carbonyl (C=O) groups is 1. The van der Waals surface area contributed by atoms with Gasteiger partial charge in [0.1, 0.15) is 5.82 Å². The van der Waals surface area contributed by atoms with E-state index in [4.69, 9.17) is 4.98 Å². The van der Waals surface area contributed by atoms with Crippen molar-refractivity contribution >= 4 is 16.8 Å². The highest BCUT2D eigenvalue weighted by molar-refractivity contribution is 5.80. The number of alkyl halides is 6. The van der Waals surface area contributed by atoms with E-state index < -0.39 is 47.4 Å². The molecule has 3 aromatic carbocycles. The molecule has 0 radical (unpaired) electrons. The molecule has 41 heavy (non-hydrogen) atoms. The number of rotatable bonds is 7. The first-order valence-electron chi connectivity index (χ1n) is 12.9. The van der Waals surface area contributed by atoms with Crippen molar-refractivity contribution in [3.05, 3.63) is 105 Å². The lowest BCUT2D eigenvalue weighted by molar-refractivity contribution is -0.143. The van der Waals surface area contributed by atoms with Crippen LogP contribution < -0.4 is 5.56 Å². The molecule has 1 aromatic heterocycles. The Morgan fingerprint density at radius 3 is 2.07 bits per heavy atom. The van der Waals surface area contributed by atoms with Crippen LogP contribution in [-0.2, 0) is 23.6 Å². The standard InChI is InChI=1S/C30H27F6N3O2/c1-4-13-38(26(40)16-20-14-21(29(31,32)33)17-22(15-20)30(34,35)36)19(3)27-37-25-8-6-5-7-24(25)28(41)39(27)23-11-9-18(2)10-12-23/h5-12,14-15,17,19H,4,13,16H2,1-3H3/t19-/m1/s1. The molecule has 0 bridgehead atoms. The van der Waals surface area contributed by atoms with Crippen LogP contribution in [0.4, 0.5) is 26.3 Å². The van der Waals surface area contributed by atoms with Crippen LogP contribution in [0.3, 0.4) is 0 Å². The Morgan fingerprint density at radius 1 is 0.927 bits per heavy atom. The number of nitrogens with zero attached hydrogens (tertiary/aromatic N) is 3. The van der Waals surface area contributed by atoms with Gasteiger partial charge in [0.25, 0.3) is 5.56 Å². The minimum atomic E-state index is -5.03. The van der Waals surface area contributed by atoms with Crippen LogP contribution in [0.2, 0.25) is 0 Å². The van der Waals surface area contributed by atoms with Crippen LogP contribution in [0.15, 0.2) is 71.5 Å². The maximum atomic E-state index is 13.6. The molecule has 0 saturated carbocycles. The summed E-state index contributed by atoms with van der Waals surface area (Å²) >= 11 is 0. The first-order chi connectivity index (χ1) is 19.2. The second-order valence-electron chi connectivity index (χ2n) is 9.82. The van der Waals surface area contributed by atoms with E-state index in [0.717, 1.165) is 5.56 Å². The van der Waals surface area contributed by atoms with Crippen LogP contribution in [0.1, 0.15) is 54.4 Å². The lowest BCUT2D eigenvalue weighted by Gasteiger charge is -2.30. The molecular weight excluding hydrogens is 548 g/mol. The fourth-order valence-corrected chi connectivity index (χ4v) is 4.69. The van der Waals surface area contributed by atoms with Gasteiger partial charge in [0.15, 0.2) is 0 Å². The molecule has 0 aliphatic rings. The summed E-state index contributed by atoms with van der Waals surface area (Å²) in [6.45, 7) is 5.41. The molecule has 0 aliphatic heterocycles. The smallest absolute Gasteiger partial charge is 0.332 e. The third kappa shape index (κ3) is 6.44. The van der Waals surface area contributed by atoms with E-state index in [1.807, 2.05) is 19.1 Å². The number of halogens is 6. The van der Waals surface area contributed by atoms with Gasteiger partial charge >= 0.3 is 12.4 Å². The number of aryl methyl sites for hydroxylation is 1. The molecule has 216 valence electrons. The summed E-state index contributed by atoms with van der Waals surface area (Å²) in [7, 11) is 0. The molecule has 5 nitrogen and oxygen atoms in total. The van der Waals surface area contributed by atoms with Crippen molar-refractivity contribution < 1.29 is 31.1 Å². The first kappa shape index (κ1) is 29.8. The number of hydrogen-bond donors (Lipinski definition) is 0. The van der Waals surface area contributed by atoms with Crippen LogP contribution in [0.5, 0.6) is 0 Å². The molecule has 1 atom stereocenters. The summed E-state index contributed by atoms with van der Waals surface area (Å²) in [5.41, 5.74) is -1.95. The van der Waals surface area contributed by atoms with Crippen LogP contribution >= 0.6 is 0 Å². The second-order valence-corrected chi connectivity index (χ2v) is 9.82. The van der Waals surface area contributed by atoms with Gasteiger partial charge in [-0.3, -0.25) is 14.2 Å². The summed E-state index contributed by atoms with van der Waals surface area (Å²) in [6.07, 6.45) is -10.3. The van der Waals surface area contributed by atoms with Gasteiger partial charge in [0.05, 0.1) is 40.2 Å². The Hall–Kier alpha value is -4.15. The van der Waals surface area contributed by atoms with Crippen molar-refractivity contribution in [3.63, 3.8) is 0 Å². The molecule has 1 heterocycles. The van der Waals surface area contributed by atoms with Crippen molar-refractivity contribution in [1.29, 1.82) is 0 Å². The largest absolute Gasteiger partial charge is 0.416 e. The van der Waals surface area contributed by atoms with E-state index in [0.29, 0.717) is 35.1 Å². The zero-order chi connectivity index (χ0) is 30.1. The van der Waals surface area contributed by atoms with E-state index in [9.17, 15) is 35.9 Å². The van der Waals surface area contributed by atoms with Crippen LogP contribution in [0.25, 0.3) is 16.6 Å². The highest BCUT2D eigenvalue weighted by Crippen LogP contribution is 2.36. The Kier molecular flexibility index (Phi) is 8.28.